The van der Waals surface area contributed by atoms with E-state index in [2.05, 4.69) is 0 Å². The van der Waals surface area contributed by atoms with E-state index in [1.54, 1.807) is 10.6 Å². The van der Waals surface area contributed by atoms with E-state index in [-0.39, 0.29) is 34.4 Å². The number of halogens is 3. The summed E-state index contributed by atoms with van der Waals surface area (Å²) in [5.74, 6) is 0.331. The third-order valence-electron chi connectivity index (χ3n) is 6.03. The first-order chi connectivity index (χ1) is 13.9. The molecule has 2 bridgehead atoms. The highest BCUT2D eigenvalue weighted by Crippen LogP contribution is 2.37. The van der Waals surface area contributed by atoms with Crippen LogP contribution in [0, 0.1) is 11.3 Å². The molecule has 2 aliphatic heterocycles. The van der Waals surface area contributed by atoms with Gasteiger partial charge in [-0.1, -0.05) is 32.9 Å². The molecule has 7 heteroatoms. The number of alkyl halides is 3. The zero-order valence-electron chi connectivity index (χ0n) is 17.3. The van der Waals surface area contributed by atoms with Crippen LogP contribution in [0.15, 0.2) is 41.2 Å². The van der Waals surface area contributed by atoms with Crippen molar-refractivity contribution in [1.82, 2.24) is 9.47 Å². The van der Waals surface area contributed by atoms with Crippen LogP contribution in [-0.4, -0.2) is 28.5 Å². The quantitative estimate of drug-likeness (QED) is 0.683. The van der Waals surface area contributed by atoms with Gasteiger partial charge in [-0.25, -0.2) is 0 Å². The van der Waals surface area contributed by atoms with Gasteiger partial charge < -0.3 is 9.47 Å². The van der Waals surface area contributed by atoms with Crippen LogP contribution >= 0.6 is 0 Å². The maximum atomic E-state index is 13.2. The molecule has 160 valence electrons. The standard InChI is InChI=1S/C23H25F3N2O2/c1-22(2,3)21(30)27-11-14-9-16(13-27)19-8-7-18(20(29)28(19)12-14)15-5-4-6-17(10-15)23(24,25)26/h4-8,10,14,16H,9,11-13H2,1-3H3. The first kappa shape index (κ1) is 20.7. The van der Waals surface area contributed by atoms with E-state index >= 15 is 0 Å². The summed E-state index contributed by atoms with van der Waals surface area (Å²) < 4.78 is 41.0. The lowest BCUT2D eigenvalue weighted by molar-refractivity contribution is -0.142. The molecule has 2 aromatic rings. The number of hydrogen-bond donors (Lipinski definition) is 0. The predicted molar refractivity (Wildman–Crippen MR) is 108 cm³/mol. The van der Waals surface area contributed by atoms with Crippen LogP contribution in [0.5, 0.6) is 0 Å². The Balaban J connectivity index is 1.70. The second-order valence-electron chi connectivity index (χ2n) is 9.42. The molecule has 3 heterocycles. The summed E-state index contributed by atoms with van der Waals surface area (Å²) in [7, 11) is 0. The molecule has 4 rings (SSSR count). The monoisotopic (exact) mass is 418 g/mol. The lowest BCUT2D eigenvalue weighted by atomic mass is 9.81. The van der Waals surface area contributed by atoms with E-state index in [0.717, 1.165) is 24.2 Å². The van der Waals surface area contributed by atoms with Gasteiger partial charge in [0.05, 0.1) is 5.56 Å². The van der Waals surface area contributed by atoms with E-state index in [4.69, 9.17) is 0 Å². The fraction of sp³-hybridized carbons (Fsp3) is 0.478. The summed E-state index contributed by atoms with van der Waals surface area (Å²) in [6.07, 6.45) is -3.54. The number of fused-ring (bicyclic) bond motifs is 4. The number of aromatic nitrogens is 1. The zero-order chi connectivity index (χ0) is 21.8. The SMILES string of the molecule is CC(C)(C)C(=O)N1CC2CC(C1)c1ccc(-c3cccc(C(F)(F)F)c3)c(=O)n1C2. The van der Waals surface area contributed by atoms with Crippen molar-refractivity contribution >= 4 is 5.91 Å². The lowest BCUT2D eigenvalue weighted by Gasteiger charge is -2.44. The molecule has 2 atom stereocenters. The molecule has 1 fully saturated rings. The molecule has 0 saturated carbocycles. The molecule has 4 nitrogen and oxygen atoms in total. The van der Waals surface area contributed by atoms with Crippen LogP contribution in [0.3, 0.4) is 0 Å². The molecule has 0 radical (unpaired) electrons. The molecule has 0 N–H and O–H groups in total. The number of carbonyl (C=O) groups excluding carboxylic acids is 1. The highest BCUT2D eigenvalue weighted by atomic mass is 19.4. The normalized spacial score (nSPS) is 21.3. The molecule has 2 unspecified atom stereocenters. The average Bonchev–Trinajstić information content (AvgIpc) is 2.67. The van der Waals surface area contributed by atoms with Crippen molar-refractivity contribution in [2.24, 2.45) is 11.3 Å². The van der Waals surface area contributed by atoms with Crippen LogP contribution in [0.25, 0.3) is 11.1 Å². The Kier molecular flexibility index (Phi) is 4.83. The highest BCUT2D eigenvalue weighted by Gasteiger charge is 2.39. The number of amides is 1. The summed E-state index contributed by atoms with van der Waals surface area (Å²) in [5, 5.41) is 0. The topological polar surface area (TPSA) is 42.3 Å². The van der Waals surface area contributed by atoms with Gasteiger partial charge in [-0.3, -0.25) is 9.59 Å². The Morgan fingerprint density at radius 1 is 1.03 bits per heavy atom. The van der Waals surface area contributed by atoms with Crippen LogP contribution in [0.1, 0.15) is 44.4 Å². The first-order valence-electron chi connectivity index (χ1n) is 10.2. The van der Waals surface area contributed by atoms with Crippen LogP contribution in [0.2, 0.25) is 0 Å². The molecule has 0 aliphatic carbocycles. The molecule has 30 heavy (non-hydrogen) atoms. The Bertz CT molecular complexity index is 1050. The number of nitrogens with zero attached hydrogens (tertiary/aromatic N) is 2. The van der Waals surface area contributed by atoms with Gasteiger partial charge in [0, 0.05) is 42.2 Å². The number of piperidine rings is 1. The van der Waals surface area contributed by atoms with Crippen molar-refractivity contribution in [3.63, 3.8) is 0 Å². The minimum Gasteiger partial charge on any atom is -0.341 e. The van der Waals surface area contributed by atoms with Gasteiger partial charge in [0.15, 0.2) is 0 Å². The maximum Gasteiger partial charge on any atom is 0.416 e. The summed E-state index contributed by atoms with van der Waals surface area (Å²) in [6, 6.07) is 8.35. The van der Waals surface area contributed by atoms with Crippen LogP contribution in [-0.2, 0) is 17.5 Å². The summed E-state index contributed by atoms with van der Waals surface area (Å²) in [5.41, 5.74) is -0.0951. The van der Waals surface area contributed by atoms with Gasteiger partial charge in [0.2, 0.25) is 5.91 Å². The Morgan fingerprint density at radius 3 is 2.43 bits per heavy atom. The largest absolute Gasteiger partial charge is 0.416 e. The van der Waals surface area contributed by atoms with E-state index in [9.17, 15) is 22.8 Å². The molecule has 1 amide bonds. The molecule has 0 spiro atoms. The number of benzene rings is 1. The Hall–Kier alpha value is -2.57. The van der Waals surface area contributed by atoms with Crippen molar-refractivity contribution in [1.29, 1.82) is 0 Å². The van der Waals surface area contributed by atoms with Crippen molar-refractivity contribution in [2.75, 3.05) is 13.1 Å². The zero-order valence-corrected chi connectivity index (χ0v) is 17.3. The Labute approximate surface area is 173 Å². The maximum absolute atomic E-state index is 13.2. The number of carbonyl (C=O) groups is 1. The molecular weight excluding hydrogens is 393 g/mol. The van der Waals surface area contributed by atoms with E-state index in [1.807, 2.05) is 31.7 Å². The minimum atomic E-state index is -4.46. The number of likely N-dealkylation sites (tertiary alicyclic amines) is 1. The molecule has 1 saturated heterocycles. The third kappa shape index (κ3) is 3.66. The van der Waals surface area contributed by atoms with E-state index in [0.29, 0.717) is 19.6 Å². The molecule has 2 aliphatic rings. The second-order valence-corrected chi connectivity index (χ2v) is 9.42. The molecular formula is C23H25F3N2O2. The van der Waals surface area contributed by atoms with Gasteiger partial charge in [-0.2, -0.15) is 13.2 Å². The van der Waals surface area contributed by atoms with Crippen molar-refractivity contribution in [3.05, 3.63) is 58.0 Å². The summed E-state index contributed by atoms with van der Waals surface area (Å²) in [6.45, 7) is 7.35. The van der Waals surface area contributed by atoms with Crippen molar-refractivity contribution in [3.8, 4) is 11.1 Å². The minimum absolute atomic E-state index is 0.0621. The fourth-order valence-electron chi connectivity index (χ4n) is 4.67. The lowest BCUT2D eigenvalue weighted by Crippen LogP contribution is -2.51. The van der Waals surface area contributed by atoms with Gasteiger partial charge in [-0.15, -0.1) is 0 Å². The van der Waals surface area contributed by atoms with Gasteiger partial charge >= 0.3 is 6.18 Å². The first-order valence-corrected chi connectivity index (χ1v) is 10.2. The smallest absolute Gasteiger partial charge is 0.341 e. The Morgan fingerprint density at radius 2 is 1.77 bits per heavy atom. The number of pyridine rings is 1. The summed E-state index contributed by atoms with van der Waals surface area (Å²) in [4.78, 5) is 27.8. The number of rotatable bonds is 1. The number of hydrogen-bond acceptors (Lipinski definition) is 2. The third-order valence-corrected chi connectivity index (χ3v) is 6.03. The van der Waals surface area contributed by atoms with Gasteiger partial charge in [0.1, 0.15) is 0 Å². The van der Waals surface area contributed by atoms with Crippen LogP contribution in [0.4, 0.5) is 13.2 Å². The second kappa shape index (κ2) is 7.00. The van der Waals surface area contributed by atoms with Crippen LogP contribution < -0.4 is 5.56 Å². The van der Waals surface area contributed by atoms with Gasteiger partial charge in [-0.05, 0) is 42.2 Å². The highest BCUT2D eigenvalue weighted by molar-refractivity contribution is 5.81. The van der Waals surface area contributed by atoms with Crippen molar-refractivity contribution < 1.29 is 18.0 Å². The molecule has 1 aromatic heterocycles. The fourth-order valence-corrected chi connectivity index (χ4v) is 4.67. The van der Waals surface area contributed by atoms with Crippen molar-refractivity contribution in [2.45, 2.75) is 45.8 Å². The van der Waals surface area contributed by atoms with Gasteiger partial charge in [0.25, 0.3) is 5.56 Å². The molecule has 1 aromatic carbocycles. The van der Waals surface area contributed by atoms with E-state index < -0.39 is 17.2 Å². The van der Waals surface area contributed by atoms with E-state index in [1.165, 1.54) is 12.1 Å². The summed E-state index contributed by atoms with van der Waals surface area (Å²) >= 11 is 0. The average molecular weight is 418 g/mol. The predicted octanol–water partition coefficient (Wildman–Crippen LogP) is 4.53.